The van der Waals surface area contributed by atoms with Gasteiger partial charge in [0.25, 0.3) is 0 Å². The molecule has 0 aliphatic carbocycles. The van der Waals surface area contributed by atoms with Gasteiger partial charge in [-0.1, -0.05) is 37.3 Å². The molecule has 0 amide bonds. The summed E-state index contributed by atoms with van der Waals surface area (Å²) >= 11 is 0. The maximum Gasteiger partial charge on any atom is 0.323 e. The van der Waals surface area contributed by atoms with E-state index >= 15 is 0 Å². The van der Waals surface area contributed by atoms with E-state index in [1.807, 2.05) is 37.3 Å². The Hall–Kier alpha value is -1.35. The van der Waals surface area contributed by atoms with E-state index in [0.29, 0.717) is 6.61 Å². The molecule has 3 heteroatoms. The Morgan fingerprint density at radius 2 is 2.07 bits per heavy atom. The van der Waals surface area contributed by atoms with Gasteiger partial charge >= 0.3 is 5.97 Å². The molecule has 82 valence electrons. The largest absolute Gasteiger partial charge is 0.460 e. The molecule has 0 bridgehead atoms. The lowest BCUT2D eigenvalue weighted by Crippen LogP contribution is -2.34. The Kier molecular flexibility index (Phi) is 4.84. The zero-order valence-electron chi connectivity index (χ0n) is 9.19. The first kappa shape index (κ1) is 11.7. The molecule has 0 spiro atoms. The van der Waals surface area contributed by atoms with Crippen LogP contribution in [0.4, 0.5) is 0 Å². The lowest BCUT2D eigenvalue weighted by atomic mass is 10.2. The monoisotopic (exact) mass is 207 g/mol. The van der Waals surface area contributed by atoms with Crippen molar-refractivity contribution in [3.05, 3.63) is 35.9 Å². The van der Waals surface area contributed by atoms with Gasteiger partial charge in [0.15, 0.2) is 0 Å². The van der Waals surface area contributed by atoms with E-state index in [1.165, 1.54) is 0 Å². The van der Waals surface area contributed by atoms with Gasteiger partial charge < -0.3 is 10.1 Å². The Balaban J connectivity index is 2.40. The van der Waals surface area contributed by atoms with Crippen molar-refractivity contribution in [2.45, 2.75) is 26.0 Å². The number of ether oxygens (including phenoxy) is 1. The quantitative estimate of drug-likeness (QED) is 0.747. The van der Waals surface area contributed by atoms with Crippen LogP contribution in [0.1, 0.15) is 18.9 Å². The summed E-state index contributed by atoms with van der Waals surface area (Å²) in [6.45, 7) is 2.29. The van der Waals surface area contributed by atoms with Crippen LogP contribution in [0.3, 0.4) is 0 Å². The highest BCUT2D eigenvalue weighted by Crippen LogP contribution is 2.02. The van der Waals surface area contributed by atoms with Crippen LogP contribution in [0, 0.1) is 0 Å². The number of hydrogen-bond acceptors (Lipinski definition) is 3. The van der Waals surface area contributed by atoms with Gasteiger partial charge in [-0.15, -0.1) is 0 Å². The Morgan fingerprint density at radius 3 is 2.60 bits per heavy atom. The van der Waals surface area contributed by atoms with Gasteiger partial charge in [-0.25, -0.2) is 0 Å². The molecular weight excluding hydrogens is 190 g/mol. The van der Waals surface area contributed by atoms with Gasteiger partial charge in [0.05, 0.1) is 0 Å². The molecule has 1 rings (SSSR count). The predicted molar refractivity (Wildman–Crippen MR) is 59.4 cm³/mol. The minimum atomic E-state index is -0.200. The molecule has 0 fully saturated rings. The molecule has 0 radical (unpaired) electrons. The molecule has 0 heterocycles. The first-order valence-electron chi connectivity index (χ1n) is 5.15. The average Bonchev–Trinajstić information content (AvgIpc) is 2.29. The van der Waals surface area contributed by atoms with Crippen LogP contribution in [0.15, 0.2) is 30.3 Å². The fourth-order valence-electron chi connectivity index (χ4n) is 1.32. The zero-order chi connectivity index (χ0) is 11.1. The van der Waals surface area contributed by atoms with E-state index in [-0.39, 0.29) is 12.0 Å². The minimum absolute atomic E-state index is 0.191. The number of benzene rings is 1. The van der Waals surface area contributed by atoms with Crippen LogP contribution in [0.25, 0.3) is 0 Å². The van der Waals surface area contributed by atoms with Crippen LogP contribution in [0.5, 0.6) is 0 Å². The number of nitrogens with one attached hydrogen (secondary N) is 1. The smallest absolute Gasteiger partial charge is 0.323 e. The van der Waals surface area contributed by atoms with Crippen molar-refractivity contribution < 1.29 is 9.53 Å². The molecule has 0 aliphatic rings. The van der Waals surface area contributed by atoms with Crippen molar-refractivity contribution >= 4 is 5.97 Å². The second-order valence-corrected chi connectivity index (χ2v) is 3.34. The summed E-state index contributed by atoms with van der Waals surface area (Å²) in [5, 5.41) is 2.91. The highest BCUT2D eigenvalue weighted by atomic mass is 16.5. The molecule has 15 heavy (non-hydrogen) atoms. The van der Waals surface area contributed by atoms with Crippen molar-refractivity contribution in [1.82, 2.24) is 5.32 Å². The lowest BCUT2D eigenvalue weighted by molar-refractivity contribution is -0.147. The van der Waals surface area contributed by atoms with E-state index in [1.54, 1.807) is 7.05 Å². The third-order valence-corrected chi connectivity index (χ3v) is 2.27. The number of carbonyl (C=O) groups is 1. The fraction of sp³-hybridized carbons (Fsp3) is 0.417. The Morgan fingerprint density at radius 1 is 1.40 bits per heavy atom. The normalized spacial score (nSPS) is 12.1. The average molecular weight is 207 g/mol. The van der Waals surface area contributed by atoms with Gasteiger partial charge in [-0.3, -0.25) is 4.79 Å². The molecule has 0 aliphatic heterocycles. The summed E-state index contributed by atoms with van der Waals surface area (Å²) < 4.78 is 5.17. The number of hydrogen-bond donors (Lipinski definition) is 1. The minimum Gasteiger partial charge on any atom is -0.460 e. The second-order valence-electron chi connectivity index (χ2n) is 3.34. The number of rotatable bonds is 5. The topological polar surface area (TPSA) is 38.3 Å². The maximum atomic E-state index is 11.5. The zero-order valence-corrected chi connectivity index (χ0v) is 9.19. The van der Waals surface area contributed by atoms with E-state index in [9.17, 15) is 4.79 Å². The highest BCUT2D eigenvalue weighted by Gasteiger charge is 2.14. The Labute approximate surface area is 90.4 Å². The lowest BCUT2D eigenvalue weighted by Gasteiger charge is -2.12. The van der Waals surface area contributed by atoms with Gasteiger partial charge in [-0.2, -0.15) is 0 Å². The van der Waals surface area contributed by atoms with Crippen molar-refractivity contribution in [2.75, 3.05) is 7.05 Å². The number of likely N-dealkylation sites (N-methyl/N-ethyl adjacent to an activating group) is 1. The van der Waals surface area contributed by atoms with Gasteiger partial charge in [0, 0.05) is 0 Å². The molecule has 0 aromatic heterocycles. The van der Waals surface area contributed by atoms with Crippen LogP contribution in [-0.4, -0.2) is 19.1 Å². The summed E-state index contributed by atoms with van der Waals surface area (Å²) in [7, 11) is 1.76. The van der Waals surface area contributed by atoms with E-state index in [0.717, 1.165) is 12.0 Å². The molecule has 1 unspecified atom stereocenters. The van der Waals surface area contributed by atoms with Crippen LogP contribution >= 0.6 is 0 Å². The molecule has 0 saturated heterocycles. The predicted octanol–water partition coefficient (Wildman–Crippen LogP) is 1.73. The molecule has 1 atom stereocenters. The Bertz CT molecular complexity index is 294. The molecule has 1 N–H and O–H groups in total. The summed E-state index contributed by atoms with van der Waals surface area (Å²) in [6, 6.07) is 9.47. The molecule has 1 aromatic carbocycles. The number of esters is 1. The van der Waals surface area contributed by atoms with Crippen molar-refractivity contribution in [1.29, 1.82) is 0 Å². The first-order valence-corrected chi connectivity index (χ1v) is 5.15. The summed E-state index contributed by atoms with van der Waals surface area (Å²) in [4.78, 5) is 11.5. The third kappa shape index (κ3) is 3.72. The van der Waals surface area contributed by atoms with E-state index in [2.05, 4.69) is 5.32 Å². The van der Waals surface area contributed by atoms with Gasteiger partial charge in [0.2, 0.25) is 0 Å². The van der Waals surface area contributed by atoms with Gasteiger partial charge in [0.1, 0.15) is 12.6 Å². The maximum absolute atomic E-state index is 11.5. The van der Waals surface area contributed by atoms with Crippen LogP contribution in [-0.2, 0) is 16.1 Å². The second kappa shape index (κ2) is 6.19. The summed E-state index contributed by atoms with van der Waals surface area (Å²) in [5.41, 5.74) is 1.01. The molecule has 1 aromatic rings. The fourth-order valence-corrected chi connectivity index (χ4v) is 1.32. The summed E-state index contributed by atoms with van der Waals surface area (Å²) in [6.07, 6.45) is 0.740. The van der Waals surface area contributed by atoms with Crippen LogP contribution in [0.2, 0.25) is 0 Å². The summed E-state index contributed by atoms with van der Waals surface area (Å²) in [5.74, 6) is -0.191. The van der Waals surface area contributed by atoms with E-state index < -0.39 is 0 Å². The SMILES string of the molecule is CCC(NC)C(=O)OCc1ccccc1. The van der Waals surface area contributed by atoms with Crippen molar-refractivity contribution in [2.24, 2.45) is 0 Å². The highest BCUT2D eigenvalue weighted by molar-refractivity contribution is 5.75. The van der Waals surface area contributed by atoms with Crippen molar-refractivity contribution in [3.8, 4) is 0 Å². The molecule has 0 saturated carbocycles. The molecule has 3 nitrogen and oxygen atoms in total. The van der Waals surface area contributed by atoms with E-state index in [4.69, 9.17) is 4.74 Å². The molecular formula is C12H17NO2. The standard InChI is InChI=1S/C12H17NO2/c1-3-11(13-2)12(14)15-9-10-7-5-4-6-8-10/h4-8,11,13H,3,9H2,1-2H3. The number of carbonyl (C=O) groups excluding carboxylic acids is 1. The van der Waals surface area contributed by atoms with Crippen LogP contribution < -0.4 is 5.32 Å². The van der Waals surface area contributed by atoms with Gasteiger partial charge in [-0.05, 0) is 19.0 Å². The third-order valence-electron chi connectivity index (χ3n) is 2.27. The first-order chi connectivity index (χ1) is 7.27. The van der Waals surface area contributed by atoms with Crippen molar-refractivity contribution in [3.63, 3.8) is 0 Å².